The molecule has 3 rings (SSSR count). The normalized spacial score (nSPS) is 10.7. The van der Waals surface area contributed by atoms with E-state index in [-0.39, 0.29) is 0 Å². The molecule has 4 heteroatoms. The number of benzene rings is 3. The summed E-state index contributed by atoms with van der Waals surface area (Å²) in [5.41, 5.74) is 8.75. The highest BCUT2D eigenvalue weighted by molar-refractivity contribution is 9.10. The first-order chi connectivity index (χ1) is 9.65. The summed E-state index contributed by atoms with van der Waals surface area (Å²) in [4.78, 5) is 0. The molecule has 0 aliphatic carbocycles. The van der Waals surface area contributed by atoms with E-state index in [1.807, 2.05) is 54.6 Å². The first-order valence-corrected chi connectivity index (χ1v) is 7.31. The molecule has 0 atom stereocenters. The van der Waals surface area contributed by atoms with Crippen LogP contribution < -0.4 is 11.1 Å². The van der Waals surface area contributed by atoms with Crippen LogP contribution in [0.25, 0.3) is 10.8 Å². The highest BCUT2D eigenvalue weighted by Crippen LogP contribution is 2.34. The molecule has 0 aliphatic heterocycles. The molecule has 100 valence electrons. The zero-order valence-electron chi connectivity index (χ0n) is 10.5. The Morgan fingerprint density at radius 3 is 2.50 bits per heavy atom. The molecule has 20 heavy (non-hydrogen) atoms. The van der Waals surface area contributed by atoms with Crippen LogP contribution in [0.3, 0.4) is 0 Å². The molecule has 3 aromatic carbocycles. The van der Waals surface area contributed by atoms with Crippen LogP contribution in [0.2, 0.25) is 5.02 Å². The fourth-order valence-corrected chi connectivity index (χ4v) is 2.72. The third-order valence-electron chi connectivity index (χ3n) is 3.16. The predicted octanol–water partition coefficient (Wildman–Crippen LogP) is 5.58. The van der Waals surface area contributed by atoms with Gasteiger partial charge < -0.3 is 11.1 Å². The van der Waals surface area contributed by atoms with Gasteiger partial charge in [0.1, 0.15) is 0 Å². The maximum absolute atomic E-state index is 6.04. The van der Waals surface area contributed by atoms with E-state index < -0.39 is 0 Å². The Labute approximate surface area is 130 Å². The second-order valence-corrected chi connectivity index (χ2v) is 5.79. The minimum atomic E-state index is 0.683. The summed E-state index contributed by atoms with van der Waals surface area (Å²) in [6.07, 6.45) is 0. The molecular formula is C16H12BrClN2. The number of nitrogens with two attached hydrogens (primary N) is 1. The van der Waals surface area contributed by atoms with Crippen LogP contribution >= 0.6 is 27.5 Å². The lowest BCUT2D eigenvalue weighted by Gasteiger charge is -2.13. The lowest BCUT2D eigenvalue weighted by atomic mass is 10.1. The topological polar surface area (TPSA) is 38.0 Å². The molecular weight excluding hydrogens is 336 g/mol. The van der Waals surface area contributed by atoms with Gasteiger partial charge in [-0.3, -0.25) is 0 Å². The van der Waals surface area contributed by atoms with E-state index in [1.165, 1.54) is 0 Å². The van der Waals surface area contributed by atoms with E-state index in [0.29, 0.717) is 5.02 Å². The van der Waals surface area contributed by atoms with Crippen molar-refractivity contribution in [2.45, 2.75) is 0 Å². The van der Waals surface area contributed by atoms with Crippen LogP contribution in [0.4, 0.5) is 17.1 Å². The van der Waals surface area contributed by atoms with Gasteiger partial charge in [-0.2, -0.15) is 0 Å². The van der Waals surface area contributed by atoms with E-state index >= 15 is 0 Å². The minimum Gasteiger partial charge on any atom is -0.398 e. The summed E-state index contributed by atoms with van der Waals surface area (Å²) in [6.45, 7) is 0. The number of nitrogens with one attached hydrogen (secondary N) is 1. The average Bonchev–Trinajstić information content (AvgIpc) is 2.44. The second kappa shape index (κ2) is 5.35. The molecule has 0 saturated heterocycles. The first-order valence-electron chi connectivity index (χ1n) is 6.14. The van der Waals surface area contributed by atoms with Gasteiger partial charge in [0.05, 0.1) is 5.69 Å². The SMILES string of the molecule is Nc1ccc(Nc2ccccc2Br)c2ccc(Cl)cc12. The number of hydrogen-bond acceptors (Lipinski definition) is 2. The van der Waals surface area contributed by atoms with Crippen molar-refractivity contribution in [3.05, 3.63) is 64.1 Å². The highest BCUT2D eigenvalue weighted by atomic mass is 79.9. The average molecular weight is 348 g/mol. The van der Waals surface area contributed by atoms with Gasteiger partial charge in [0.25, 0.3) is 0 Å². The van der Waals surface area contributed by atoms with Gasteiger partial charge in [-0.15, -0.1) is 0 Å². The van der Waals surface area contributed by atoms with E-state index in [9.17, 15) is 0 Å². The maximum Gasteiger partial charge on any atom is 0.0528 e. The van der Waals surface area contributed by atoms with Crippen molar-refractivity contribution in [1.82, 2.24) is 0 Å². The van der Waals surface area contributed by atoms with Gasteiger partial charge in [0.2, 0.25) is 0 Å². The maximum atomic E-state index is 6.04. The number of nitrogen functional groups attached to an aromatic ring is 1. The predicted molar refractivity (Wildman–Crippen MR) is 90.8 cm³/mol. The molecule has 0 aromatic heterocycles. The molecule has 0 saturated carbocycles. The van der Waals surface area contributed by atoms with Crippen LogP contribution in [0, 0.1) is 0 Å². The number of fused-ring (bicyclic) bond motifs is 1. The van der Waals surface area contributed by atoms with Crippen LogP contribution in [0.5, 0.6) is 0 Å². The Kier molecular flexibility index (Phi) is 3.55. The summed E-state index contributed by atoms with van der Waals surface area (Å²) in [5.74, 6) is 0. The Morgan fingerprint density at radius 1 is 0.900 bits per heavy atom. The fourth-order valence-electron chi connectivity index (χ4n) is 2.16. The van der Waals surface area contributed by atoms with Gasteiger partial charge in [-0.1, -0.05) is 29.8 Å². The third-order valence-corrected chi connectivity index (χ3v) is 4.08. The van der Waals surface area contributed by atoms with Crippen molar-refractivity contribution in [2.24, 2.45) is 0 Å². The standard InChI is InChI=1S/C16H12BrClN2/c17-13-3-1-2-4-16(13)20-15-8-7-14(19)12-9-10(18)5-6-11(12)15/h1-9,20H,19H2. The third kappa shape index (κ3) is 2.47. The van der Waals surface area contributed by atoms with Crippen LogP contribution in [0.1, 0.15) is 0 Å². The smallest absolute Gasteiger partial charge is 0.0528 e. The van der Waals surface area contributed by atoms with E-state index in [2.05, 4.69) is 21.2 Å². The summed E-state index contributed by atoms with van der Waals surface area (Å²) < 4.78 is 1.01. The molecule has 0 unspecified atom stereocenters. The molecule has 0 heterocycles. The van der Waals surface area contributed by atoms with E-state index in [0.717, 1.165) is 32.3 Å². The zero-order valence-corrected chi connectivity index (χ0v) is 12.9. The Hall–Kier alpha value is -1.71. The largest absolute Gasteiger partial charge is 0.398 e. The molecule has 3 aromatic rings. The zero-order chi connectivity index (χ0) is 14.1. The van der Waals surface area contributed by atoms with Crippen LogP contribution in [-0.2, 0) is 0 Å². The quantitative estimate of drug-likeness (QED) is 0.594. The molecule has 3 N–H and O–H groups in total. The molecule has 0 aliphatic rings. The van der Waals surface area contributed by atoms with Crippen molar-refractivity contribution in [3.8, 4) is 0 Å². The van der Waals surface area contributed by atoms with Gasteiger partial charge in [-0.25, -0.2) is 0 Å². The first kappa shape index (κ1) is 13.3. The summed E-state index contributed by atoms with van der Waals surface area (Å²) in [7, 11) is 0. The van der Waals surface area contributed by atoms with Gasteiger partial charge >= 0.3 is 0 Å². The monoisotopic (exact) mass is 346 g/mol. The lowest BCUT2D eigenvalue weighted by molar-refractivity contribution is 1.54. The van der Waals surface area contributed by atoms with Crippen molar-refractivity contribution in [3.63, 3.8) is 0 Å². The number of rotatable bonds is 2. The number of hydrogen-bond donors (Lipinski definition) is 2. The molecule has 0 spiro atoms. The lowest BCUT2D eigenvalue weighted by Crippen LogP contribution is -1.95. The summed E-state index contributed by atoms with van der Waals surface area (Å²) in [6, 6.07) is 17.6. The van der Waals surface area contributed by atoms with Crippen LogP contribution in [-0.4, -0.2) is 0 Å². The van der Waals surface area contributed by atoms with Crippen molar-refractivity contribution in [2.75, 3.05) is 11.1 Å². The fraction of sp³-hybridized carbons (Fsp3) is 0. The molecule has 0 fully saturated rings. The molecule has 2 nitrogen and oxygen atoms in total. The van der Waals surface area contributed by atoms with Gasteiger partial charge in [0.15, 0.2) is 0 Å². The number of halogens is 2. The van der Waals surface area contributed by atoms with Crippen LogP contribution in [0.15, 0.2) is 59.1 Å². The highest BCUT2D eigenvalue weighted by Gasteiger charge is 2.06. The van der Waals surface area contributed by atoms with E-state index in [1.54, 1.807) is 0 Å². The van der Waals surface area contributed by atoms with Crippen molar-refractivity contribution < 1.29 is 0 Å². The van der Waals surface area contributed by atoms with Gasteiger partial charge in [0, 0.05) is 31.6 Å². The summed E-state index contributed by atoms with van der Waals surface area (Å²) >= 11 is 9.58. The Balaban J connectivity index is 2.13. The summed E-state index contributed by atoms with van der Waals surface area (Å²) in [5, 5.41) is 6.10. The van der Waals surface area contributed by atoms with Crippen molar-refractivity contribution in [1.29, 1.82) is 0 Å². The molecule has 0 amide bonds. The van der Waals surface area contributed by atoms with E-state index in [4.69, 9.17) is 17.3 Å². The Bertz CT molecular complexity index is 787. The Morgan fingerprint density at radius 2 is 1.70 bits per heavy atom. The molecule has 0 bridgehead atoms. The second-order valence-electron chi connectivity index (χ2n) is 4.50. The minimum absolute atomic E-state index is 0.683. The van der Waals surface area contributed by atoms with Gasteiger partial charge in [-0.05, 0) is 52.3 Å². The number of anilines is 3. The van der Waals surface area contributed by atoms with Crippen molar-refractivity contribution >= 4 is 55.4 Å². The number of para-hydroxylation sites is 1. The molecule has 0 radical (unpaired) electrons.